The van der Waals surface area contributed by atoms with Gasteiger partial charge in [0.05, 0.1) is 79.2 Å². The summed E-state index contributed by atoms with van der Waals surface area (Å²) in [5.41, 5.74) is 0. The van der Waals surface area contributed by atoms with Crippen molar-refractivity contribution in [2.75, 3.05) is 187 Å². The SMILES string of the molecule is CC(C)CN(CC(=O)N1CCOCC1N(C(=O)CN(CC(C)C)c1nc(C#N)nc(N2CCOCC2)n1)C1COCCN1C(=O)CN(CC(C)C)c1nc(C#N)nc(N2CCOCC2)n1)c1nc(C#N)nc(N2CCOCC2)n1. The maximum absolute atomic E-state index is 15.9. The summed E-state index contributed by atoms with van der Waals surface area (Å²) in [6, 6.07) is 6.17. The van der Waals surface area contributed by atoms with Crippen LogP contribution in [-0.4, -0.2) is 247 Å². The lowest BCUT2D eigenvalue weighted by atomic mass is 10.1. The largest absolute Gasteiger partial charge is 0.378 e. The molecule has 29 nitrogen and oxygen atoms in total. The number of aromatic nitrogens is 9. The third-order valence-electron chi connectivity index (χ3n) is 13.4. The highest BCUT2D eigenvalue weighted by molar-refractivity contribution is 5.86. The van der Waals surface area contributed by atoms with Crippen LogP contribution in [0, 0.1) is 51.7 Å². The summed E-state index contributed by atoms with van der Waals surface area (Å²) in [6.45, 7) is 17.8. The number of amides is 3. The number of anilines is 6. The monoisotopic (exact) mass is 1090 g/mol. The van der Waals surface area contributed by atoms with Gasteiger partial charge in [0, 0.05) is 72.0 Å². The standard InChI is InChI=1S/C50H71N21O8/c1-34(2)26-66(48-57-37(23-51)54-45(60-48)63-7-15-75-16-8-63)29-42(72)69-13-21-78-32-40(69)71(44(74)31-68(28-36(5)6)50-59-39(25-53)56-47(62-50)65-11-19-77-20-12-65)41-33-79-22-14-70(41)43(73)30-67(27-35(3)4)49-58-38(24-52)55-46(61-49)64-9-17-76-18-10-64/h34-36,40-41H,7-22,26-33H2,1-6H3. The zero-order valence-electron chi connectivity index (χ0n) is 46.0. The van der Waals surface area contributed by atoms with E-state index < -0.39 is 30.1 Å². The van der Waals surface area contributed by atoms with Crippen LogP contribution in [0.5, 0.6) is 0 Å². The molecule has 8 rings (SSSR count). The lowest BCUT2D eigenvalue weighted by Crippen LogP contribution is -2.69. The number of morpholine rings is 5. The molecule has 5 aliphatic heterocycles. The first-order valence-electron chi connectivity index (χ1n) is 27.0. The zero-order valence-corrected chi connectivity index (χ0v) is 46.0. The maximum Gasteiger partial charge on any atom is 0.245 e. The molecule has 424 valence electrons. The first kappa shape index (κ1) is 57.7. The van der Waals surface area contributed by atoms with Crippen LogP contribution in [0.3, 0.4) is 0 Å². The van der Waals surface area contributed by atoms with Gasteiger partial charge in [-0.3, -0.25) is 19.3 Å². The van der Waals surface area contributed by atoms with Gasteiger partial charge in [0.1, 0.15) is 37.1 Å². The number of nitrogens with zero attached hydrogens (tertiary/aromatic N) is 21. The van der Waals surface area contributed by atoms with Crippen molar-refractivity contribution in [2.45, 2.75) is 53.9 Å². The van der Waals surface area contributed by atoms with E-state index in [0.29, 0.717) is 104 Å². The molecular formula is C50H71N21O8. The Morgan fingerprint density at radius 1 is 0.456 bits per heavy atom. The molecule has 5 fully saturated rings. The molecule has 0 saturated carbocycles. The minimum atomic E-state index is -1.10. The predicted molar refractivity (Wildman–Crippen MR) is 283 cm³/mol. The molecule has 0 spiro atoms. The van der Waals surface area contributed by atoms with Crippen LogP contribution in [-0.2, 0) is 38.1 Å². The molecule has 0 aromatic carbocycles. The van der Waals surface area contributed by atoms with Crippen LogP contribution in [0.25, 0.3) is 0 Å². The van der Waals surface area contributed by atoms with Gasteiger partial charge in [-0.1, -0.05) is 41.5 Å². The molecule has 3 amide bonds. The minimum Gasteiger partial charge on any atom is -0.378 e. The highest BCUT2D eigenvalue weighted by Crippen LogP contribution is 2.26. The summed E-state index contributed by atoms with van der Waals surface area (Å²) >= 11 is 0. The van der Waals surface area contributed by atoms with Gasteiger partial charge in [-0.15, -0.1) is 0 Å². The first-order valence-corrected chi connectivity index (χ1v) is 27.0. The molecule has 3 aromatic heterocycles. The van der Waals surface area contributed by atoms with E-state index in [1.807, 2.05) is 56.2 Å². The third-order valence-corrected chi connectivity index (χ3v) is 13.4. The molecule has 0 aliphatic carbocycles. The molecule has 5 aliphatic rings. The summed E-state index contributed by atoms with van der Waals surface area (Å²) in [5.74, 6) is -0.454. The van der Waals surface area contributed by atoms with Gasteiger partial charge in [-0.2, -0.15) is 60.6 Å². The Balaban J connectivity index is 1.17. The van der Waals surface area contributed by atoms with Gasteiger partial charge >= 0.3 is 0 Å². The maximum atomic E-state index is 15.9. The Bertz CT molecular complexity index is 2570. The molecule has 2 atom stereocenters. The molecule has 0 N–H and O–H groups in total. The summed E-state index contributed by atoms with van der Waals surface area (Å²) in [6.07, 6.45) is -2.20. The van der Waals surface area contributed by atoms with Crippen molar-refractivity contribution in [1.82, 2.24) is 59.6 Å². The molecule has 2 unspecified atom stereocenters. The van der Waals surface area contributed by atoms with Crippen LogP contribution in [0.1, 0.15) is 59.0 Å². The lowest BCUT2D eigenvalue weighted by Gasteiger charge is -2.50. The summed E-state index contributed by atoms with van der Waals surface area (Å²) < 4.78 is 29.0. The van der Waals surface area contributed by atoms with Crippen LogP contribution >= 0.6 is 0 Å². The lowest BCUT2D eigenvalue weighted by molar-refractivity contribution is -0.180. The molecule has 0 bridgehead atoms. The molecular weight excluding hydrogens is 1020 g/mol. The normalized spacial score (nSPS) is 19.0. The highest BCUT2D eigenvalue weighted by atomic mass is 16.5. The van der Waals surface area contributed by atoms with Crippen molar-refractivity contribution in [3.05, 3.63) is 17.5 Å². The molecule has 5 saturated heterocycles. The van der Waals surface area contributed by atoms with Crippen molar-refractivity contribution in [3.8, 4) is 18.2 Å². The van der Waals surface area contributed by atoms with Crippen molar-refractivity contribution in [2.24, 2.45) is 17.8 Å². The molecule has 8 heterocycles. The van der Waals surface area contributed by atoms with Crippen molar-refractivity contribution in [1.29, 1.82) is 15.8 Å². The highest BCUT2D eigenvalue weighted by Gasteiger charge is 2.44. The van der Waals surface area contributed by atoms with E-state index in [1.54, 1.807) is 24.5 Å². The van der Waals surface area contributed by atoms with Crippen molar-refractivity contribution < 1.29 is 38.1 Å². The minimum absolute atomic E-state index is 0.0115. The number of hydrogen-bond donors (Lipinski definition) is 0. The average molecular weight is 1090 g/mol. The van der Waals surface area contributed by atoms with Gasteiger partial charge in [-0.25, -0.2) is 0 Å². The Labute approximate surface area is 460 Å². The summed E-state index contributed by atoms with van der Waals surface area (Å²) in [4.78, 5) is 103. The smallest absolute Gasteiger partial charge is 0.245 e. The van der Waals surface area contributed by atoms with E-state index in [1.165, 1.54) is 4.90 Å². The van der Waals surface area contributed by atoms with Gasteiger partial charge in [0.25, 0.3) is 0 Å². The van der Waals surface area contributed by atoms with E-state index in [2.05, 4.69) is 48.1 Å². The first-order chi connectivity index (χ1) is 38.2. The van der Waals surface area contributed by atoms with Gasteiger partial charge < -0.3 is 62.9 Å². The fourth-order valence-corrected chi connectivity index (χ4v) is 9.83. The topological polar surface area (TPSA) is 314 Å². The second-order valence-electron chi connectivity index (χ2n) is 20.8. The molecule has 79 heavy (non-hydrogen) atoms. The van der Waals surface area contributed by atoms with E-state index in [-0.39, 0.29) is 125 Å². The number of nitriles is 3. The van der Waals surface area contributed by atoms with E-state index in [0.717, 1.165) is 0 Å². The number of carbonyl (C=O) groups is 3. The number of carbonyl (C=O) groups excluding carboxylic acids is 3. The van der Waals surface area contributed by atoms with E-state index in [4.69, 9.17) is 38.6 Å². The molecule has 29 heteroatoms. The van der Waals surface area contributed by atoms with Crippen LogP contribution < -0.4 is 29.4 Å². The second-order valence-corrected chi connectivity index (χ2v) is 20.8. The number of ether oxygens (including phenoxy) is 5. The van der Waals surface area contributed by atoms with Crippen LogP contribution in [0.4, 0.5) is 35.7 Å². The average Bonchev–Trinajstić information content (AvgIpc) is 3.51. The van der Waals surface area contributed by atoms with Gasteiger partial charge in [0.15, 0.2) is 0 Å². The Morgan fingerprint density at radius 3 is 1.06 bits per heavy atom. The van der Waals surface area contributed by atoms with Gasteiger partial charge in [-0.05, 0) is 17.8 Å². The van der Waals surface area contributed by atoms with Crippen LogP contribution in [0.2, 0.25) is 0 Å². The fourth-order valence-electron chi connectivity index (χ4n) is 9.83. The van der Waals surface area contributed by atoms with E-state index in [9.17, 15) is 15.8 Å². The zero-order chi connectivity index (χ0) is 56.0. The van der Waals surface area contributed by atoms with Gasteiger partial charge in [0.2, 0.25) is 70.9 Å². The number of hydrogen-bond acceptors (Lipinski definition) is 26. The summed E-state index contributed by atoms with van der Waals surface area (Å²) in [5, 5.41) is 30.3. The van der Waals surface area contributed by atoms with E-state index >= 15 is 14.4 Å². The quantitative estimate of drug-likeness (QED) is 0.136. The van der Waals surface area contributed by atoms with Crippen molar-refractivity contribution >= 4 is 53.4 Å². The predicted octanol–water partition coefficient (Wildman–Crippen LogP) is -0.648. The van der Waals surface area contributed by atoms with Crippen molar-refractivity contribution in [3.63, 3.8) is 0 Å². The molecule has 3 aromatic rings. The Hall–Kier alpha value is -7.49. The molecule has 0 radical (unpaired) electrons. The fraction of sp³-hybridized carbons (Fsp3) is 0.700. The Kier molecular flexibility index (Phi) is 20.0. The van der Waals surface area contributed by atoms with Crippen LogP contribution in [0.15, 0.2) is 0 Å². The summed E-state index contributed by atoms with van der Waals surface area (Å²) in [7, 11) is 0. The second kappa shape index (κ2) is 27.4. The third kappa shape index (κ3) is 15.0. The Morgan fingerprint density at radius 2 is 0.759 bits per heavy atom. The number of rotatable bonds is 20.